The minimum absolute atomic E-state index is 0.253. The van der Waals surface area contributed by atoms with Crippen LogP contribution < -0.4 is 9.46 Å². The van der Waals surface area contributed by atoms with Gasteiger partial charge in [-0.25, -0.2) is 13.1 Å². The number of nitrogens with zero attached hydrogens (tertiary/aromatic N) is 1. The van der Waals surface area contributed by atoms with Crippen molar-refractivity contribution in [2.75, 3.05) is 33.8 Å². The van der Waals surface area contributed by atoms with E-state index < -0.39 is 10.0 Å². The average Bonchev–Trinajstić information content (AvgIpc) is 2.49. The second kappa shape index (κ2) is 7.77. The molecule has 1 fully saturated rings. The third kappa shape index (κ3) is 4.68. The van der Waals surface area contributed by atoms with Gasteiger partial charge < -0.3 is 9.64 Å². The van der Waals surface area contributed by atoms with E-state index in [-0.39, 0.29) is 4.90 Å². The lowest BCUT2D eigenvalue weighted by Crippen LogP contribution is -2.32. The van der Waals surface area contributed by atoms with Crippen LogP contribution in [0, 0.1) is 5.92 Å². The van der Waals surface area contributed by atoms with E-state index in [4.69, 9.17) is 4.74 Å². The van der Waals surface area contributed by atoms with Crippen LogP contribution in [0.5, 0.6) is 5.75 Å². The highest BCUT2D eigenvalue weighted by molar-refractivity contribution is 9.10. The average molecular weight is 391 g/mol. The standard InChI is InChI=1S/C15H23BrN2O3S/c1-18-9-6-12(7-10-18)5-8-17-22(19,20)13-3-4-15(21-2)14(16)11-13/h3-4,11-12,17H,5-10H2,1-2H3. The van der Waals surface area contributed by atoms with Gasteiger partial charge in [-0.1, -0.05) is 0 Å². The maximum atomic E-state index is 12.3. The molecule has 1 aliphatic heterocycles. The Balaban J connectivity index is 1.89. The largest absolute Gasteiger partial charge is 0.496 e. The van der Waals surface area contributed by atoms with Gasteiger partial charge >= 0.3 is 0 Å². The van der Waals surface area contributed by atoms with Crippen LogP contribution in [0.3, 0.4) is 0 Å². The molecule has 0 radical (unpaired) electrons. The molecular weight excluding hydrogens is 368 g/mol. The number of rotatable bonds is 6. The van der Waals surface area contributed by atoms with Gasteiger partial charge in [0.2, 0.25) is 10.0 Å². The second-order valence-corrected chi connectivity index (χ2v) is 8.35. The zero-order valence-corrected chi connectivity index (χ0v) is 15.4. The van der Waals surface area contributed by atoms with Gasteiger partial charge in [0.25, 0.3) is 0 Å². The van der Waals surface area contributed by atoms with Crippen LogP contribution in [-0.2, 0) is 10.0 Å². The number of methoxy groups -OCH3 is 1. The Labute approximate surface area is 141 Å². The normalized spacial score (nSPS) is 17.6. The molecule has 1 N–H and O–H groups in total. The quantitative estimate of drug-likeness (QED) is 0.810. The van der Waals surface area contributed by atoms with E-state index in [0.29, 0.717) is 22.7 Å². The molecule has 0 aliphatic carbocycles. The van der Waals surface area contributed by atoms with E-state index >= 15 is 0 Å². The molecule has 0 bridgehead atoms. The number of piperidine rings is 1. The SMILES string of the molecule is COc1ccc(S(=O)(=O)NCCC2CCN(C)CC2)cc1Br. The fourth-order valence-corrected chi connectivity index (χ4v) is 4.41. The molecule has 1 aromatic carbocycles. The summed E-state index contributed by atoms with van der Waals surface area (Å²) in [6.45, 7) is 2.69. The van der Waals surface area contributed by atoms with Gasteiger partial charge in [0.15, 0.2) is 0 Å². The monoisotopic (exact) mass is 390 g/mol. The van der Waals surface area contributed by atoms with Crippen molar-refractivity contribution in [1.29, 1.82) is 0 Å². The van der Waals surface area contributed by atoms with E-state index in [0.717, 1.165) is 32.4 Å². The van der Waals surface area contributed by atoms with Gasteiger partial charge in [-0.05, 0) is 79.4 Å². The first kappa shape index (κ1) is 17.7. The molecule has 0 saturated carbocycles. The molecule has 22 heavy (non-hydrogen) atoms. The van der Waals surface area contributed by atoms with E-state index in [1.54, 1.807) is 25.3 Å². The molecule has 0 spiro atoms. The van der Waals surface area contributed by atoms with Crippen molar-refractivity contribution in [1.82, 2.24) is 9.62 Å². The molecule has 1 heterocycles. The zero-order chi connectivity index (χ0) is 16.2. The molecule has 7 heteroatoms. The third-order valence-corrected chi connectivity index (χ3v) is 6.19. The van der Waals surface area contributed by atoms with Crippen LogP contribution in [-0.4, -0.2) is 47.1 Å². The minimum Gasteiger partial charge on any atom is -0.496 e. The molecule has 124 valence electrons. The Hall–Kier alpha value is -0.630. The highest BCUT2D eigenvalue weighted by Gasteiger charge is 2.19. The Morgan fingerprint density at radius 3 is 2.64 bits per heavy atom. The van der Waals surface area contributed by atoms with E-state index in [1.807, 2.05) is 0 Å². The predicted molar refractivity (Wildman–Crippen MR) is 90.7 cm³/mol. The highest BCUT2D eigenvalue weighted by Crippen LogP contribution is 2.27. The first-order valence-electron chi connectivity index (χ1n) is 7.44. The van der Waals surface area contributed by atoms with Crippen molar-refractivity contribution < 1.29 is 13.2 Å². The fourth-order valence-electron chi connectivity index (χ4n) is 2.65. The van der Waals surface area contributed by atoms with Crippen molar-refractivity contribution in [3.05, 3.63) is 22.7 Å². The fraction of sp³-hybridized carbons (Fsp3) is 0.600. The van der Waals surface area contributed by atoms with Crippen molar-refractivity contribution in [3.8, 4) is 5.75 Å². The van der Waals surface area contributed by atoms with Crippen molar-refractivity contribution >= 4 is 26.0 Å². The molecule has 1 aromatic rings. The number of hydrogen-bond donors (Lipinski definition) is 1. The Kier molecular flexibility index (Phi) is 6.26. The number of likely N-dealkylation sites (tertiary alicyclic amines) is 1. The Morgan fingerprint density at radius 2 is 2.05 bits per heavy atom. The molecular formula is C15H23BrN2O3S. The molecule has 0 aromatic heterocycles. The zero-order valence-electron chi connectivity index (χ0n) is 13.0. The molecule has 0 atom stereocenters. The smallest absolute Gasteiger partial charge is 0.240 e. The summed E-state index contributed by atoms with van der Waals surface area (Å²) >= 11 is 3.31. The lowest BCUT2D eigenvalue weighted by atomic mass is 9.94. The van der Waals surface area contributed by atoms with Crippen LogP contribution in [0.25, 0.3) is 0 Å². The van der Waals surface area contributed by atoms with E-state index in [2.05, 4.69) is 32.6 Å². The summed E-state index contributed by atoms with van der Waals surface area (Å²) in [7, 11) is 0.210. The maximum absolute atomic E-state index is 12.3. The molecule has 1 aliphatic rings. The van der Waals surface area contributed by atoms with Gasteiger partial charge in [-0.15, -0.1) is 0 Å². The third-order valence-electron chi connectivity index (χ3n) is 4.12. The summed E-state index contributed by atoms with van der Waals surface area (Å²) in [6.07, 6.45) is 3.18. The summed E-state index contributed by atoms with van der Waals surface area (Å²) in [6, 6.07) is 4.77. The summed E-state index contributed by atoms with van der Waals surface area (Å²) in [5, 5.41) is 0. The van der Waals surface area contributed by atoms with E-state index in [9.17, 15) is 8.42 Å². The Bertz CT molecular complexity index is 599. The van der Waals surface area contributed by atoms with Gasteiger partial charge in [0, 0.05) is 6.54 Å². The van der Waals surface area contributed by atoms with Crippen LogP contribution in [0.2, 0.25) is 0 Å². The summed E-state index contributed by atoms with van der Waals surface area (Å²) < 4.78 is 33.0. The Morgan fingerprint density at radius 1 is 1.36 bits per heavy atom. The molecule has 5 nitrogen and oxygen atoms in total. The number of ether oxygens (including phenoxy) is 1. The number of hydrogen-bond acceptors (Lipinski definition) is 4. The first-order valence-corrected chi connectivity index (χ1v) is 9.72. The van der Waals surface area contributed by atoms with Gasteiger partial charge in [0.05, 0.1) is 16.5 Å². The van der Waals surface area contributed by atoms with Crippen molar-refractivity contribution in [2.24, 2.45) is 5.92 Å². The number of benzene rings is 1. The van der Waals surface area contributed by atoms with Crippen LogP contribution in [0.4, 0.5) is 0 Å². The van der Waals surface area contributed by atoms with Gasteiger partial charge in [-0.3, -0.25) is 0 Å². The number of sulfonamides is 1. The summed E-state index contributed by atoms with van der Waals surface area (Å²) in [5.41, 5.74) is 0. The van der Waals surface area contributed by atoms with Crippen molar-refractivity contribution in [2.45, 2.75) is 24.2 Å². The summed E-state index contributed by atoms with van der Waals surface area (Å²) in [5.74, 6) is 1.23. The maximum Gasteiger partial charge on any atom is 0.240 e. The predicted octanol–water partition coefficient (Wildman–Crippen LogP) is 2.47. The number of nitrogens with one attached hydrogen (secondary N) is 1. The van der Waals surface area contributed by atoms with Crippen LogP contribution >= 0.6 is 15.9 Å². The molecule has 0 unspecified atom stereocenters. The topological polar surface area (TPSA) is 58.6 Å². The van der Waals surface area contributed by atoms with Gasteiger partial charge in [-0.2, -0.15) is 0 Å². The van der Waals surface area contributed by atoms with Gasteiger partial charge in [0.1, 0.15) is 5.75 Å². The van der Waals surface area contributed by atoms with Crippen LogP contribution in [0.15, 0.2) is 27.6 Å². The molecule has 1 saturated heterocycles. The van der Waals surface area contributed by atoms with E-state index in [1.165, 1.54) is 0 Å². The highest BCUT2D eigenvalue weighted by atomic mass is 79.9. The minimum atomic E-state index is -3.47. The van der Waals surface area contributed by atoms with Crippen LogP contribution in [0.1, 0.15) is 19.3 Å². The summed E-state index contributed by atoms with van der Waals surface area (Å²) in [4.78, 5) is 2.57. The van der Waals surface area contributed by atoms with Crippen molar-refractivity contribution in [3.63, 3.8) is 0 Å². The molecule has 2 rings (SSSR count). The molecule has 0 amide bonds. The first-order chi connectivity index (χ1) is 10.4. The lowest BCUT2D eigenvalue weighted by Gasteiger charge is -2.28. The second-order valence-electron chi connectivity index (χ2n) is 5.73. The number of halogens is 1. The lowest BCUT2D eigenvalue weighted by molar-refractivity contribution is 0.213.